The van der Waals surface area contributed by atoms with Gasteiger partial charge in [-0.25, -0.2) is 4.68 Å². The quantitative estimate of drug-likeness (QED) is 0.809. The maximum atomic E-state index is 10.9. The minimum Gasteiger partial charge on any atom is -0.481 e. The molecule has 20 heavy (non-hydrogen) atoms. The van der Waals surface area contributed by atoms with Crippen LogP contribution in [-0.2, 0) is 17.6 Å². The summed E-state index contributed by atoms with van der Waals surface area (Å²) in [6, 6.07) is 7.03. The lowest BCUT2D eigenvalue weighted by molar-refractivity contribution is -0.136. The number of nitrogens with zero attached hydrogens (tertiary/aromatic N) is 3. The first kappa shape index (κ1) is 13.9. The second-order valence-corrected chi connectivity index (χ2v) is 4.44. The van der Waals surface area contributed by atoms with Crippen molar-refractivity contribution in [3.8, 4) is 5.69 Å². The highest BCUT2D eigenvalue weighted by atomic mass is 16.4. The van der Waals surface area contributed by atoms with Crippen molar-refractivity contribution >= 4 is 12.3 Å². The third-order valence-corrected chi connectivity index (χ3v) is 2.93. The number of carboxylic acid groups (broad SMARTS) is 1. The van der Waals surface area contributed by atoms with Crippen LogP contribution in [0.15, 0.2) is 24.3 Å². The molecule has 0 spiro atoms. The van der Waals surface area contributed by atoms with E-state index in [2.05, 4.69) is 10.3 Å². The van der Waals surface area contributed by atoms with Gasteiger partial charge in [0.15, 0.2) is 6.29 Å². The van der Waals surface area contributed by atoms with Gasteiger partial charge < -0.3 is 5.11 Å². The molecule has 0 aliphatic rings. The molecule has 0 aliphatic heterocycles. The summed E-state index contributed by atoms with van der Waals surface area (Å²) in [5.74, 6) is -0.867. The predicted octanol–water partition coefficient (Wildman–Crippen LogP) is 1.66. The normalized spacial score (nSPS) is 10.4. The van der Waals surface area contributed by atoms with Crippen LogP contribution in [0.4, 0.5) is 0 Å². The van der Waals surface area contributed by atoms with Crippen LogP contribution in [0.3, 0.4) is 0 Å². The van der Waals surface area contributed by atoms with Crippen molar-refractivity contribution < 1.29 is 14.7 Å². The van der Waals surface area contributed by atoms with Crippen molar-refractivity contribution in [3.05, 3.63) is 41.2 Å². The number of rotatable bonds is 6. The molecule has 2 aromatic rings. The Kier molecular flexibility index (Phi) is 4.24. The van der Waals surface area contributed by atoms with Crippen LogP contribution in [-0.4, -0.2) is 32.4 Å². The van der Waals surface area contributed by atoms with E-state index in [9.17, 15) is 9.59 Å². The van der Waals surface area contributed by atoms with E-state index in [0.717, 1.165) is 17.8 Å². The van der Waals surface area contributed by atoms with Crippen molar-refractivity contribution in [2.75, 3.05) is 0 Å². The highest BCUT2D eigenvalue weighted by molar-refractivity contribution is 5.73. The molecule has 0 amide bonds. The van der Waals surface area contributed by atoms with Crippen LogP contribution in [0.1, 0.15) is 35.1 Å². The topological polar surface area (TPSA) is 85.1 Å². The van der Waals surface area contributed by atoms with Gasteiger partial charge in [-0.1, -0.05) is 30.7 Å². The van der Waals surface area contributed by atoms with Gasteiger partial charge in [-0.2, -0.15) is 0 Å². The number of carbonyl (C=O) groups is 2. The summed E-state index contributed by atoms with van der Waals surface area (Å²) < 4.78 is 1.62. The number of carbonyl (C=O) groups excluding carboxylic acids is 1. The second kappa shape index (κ2) is 6.10. The van der Waals surface area contributed by atoms with Crippen LogP contribution in [0.5, 0.6) is 0 Å². The van der Waals surface area contributed by atoms with Gasteiger partial charge in [0.05, 0.1) is 17.8 Å². The lowest BCUT2D eigenvalue weighted by atomic mass is 10.1. The third-order valence-electron chi connectivity index (χ3n) is 2.93. The van der Waals surface area contributed by atoms with E-state index < -0.39 is 5.97 Å². The van der Waals surface area contributed by atoms with Crippen LogP contribution in [0.2, 0.25) is 0 Å². The Morgan fingerprint density at radius 1 is 1.35 bits per heavy atom. The highest BCUT2D eigenvalue weighted by Gasteiger charge is 2.12. The minimum absolute atomic E-state index is 0.0148. The summed E-state index contributed by atoms with van der Waals surface area (Å²) in [6.45, 7) is 2.02. The van der Waals surface area contributed by atoms with Crippen LogP contribution in [0.25, 0.3) is 5.69 Å². The summed E-state index contributed by atoms with van der Waals surface area (Å²) in [4.78, 5) is 21.6. The first-order valence-electron chi connectivity index (χ1n) is 6.36. The standard InChI is InChI=1S/C14H15N3O3/c1-2-3-13-12(9-18)15-16-17(13)11-6-4-10(5-7-11)8-14(19)20/h4-7,9H,2-3,8H2,1H3,(H,19,20). The van der Waals surface area contributed by atoms with Crippen molar-refractivity contribution in [2.45, 2.75) is 26.2 Å². The number of hydrogen-bond donors (Lipinski definition) is 1. The summed E-state index contributed by atoms with van der Waals surface area (Å²) in [5, 5.41) is 16.6. The Bertz CT molecular complexity index is 617. The van der Waals surface area contributed by atoms with Crippen molar-refractivity contribution in [3.63, 3.8) is 0 Å². The largest absolute Gasteiger partial charge is 0.481 e. The maximum absolute atomic E-state index is 10.9. The molecule has 0 saturated carbocycles. The third kappa shape index (κ3) is 2.90. The molecule has 1 aromatic heterocycles. The number of aliphatic carboxylic acids is 1. The number of carboxylic acids is 1. The van der Waals surface area contributed by atoms with Gasteiger partial charge >= 0.3 is 5.97 Å². The Labute approximate surface area is 116 Å². The molecule has 1 N–H and O–H groups in total. The zero-order valence-corrected chi connectivity index (χ0v) is 11.1. The Hall–Kier alpha value is -2.50. The summed E-state index contributed by atoms with van der Waals surface area (Å²) in [7, 11) is 0. The van der Waals surface area contributed by atoms with Crippen LogP contribution < -0.4 is 0 Å². The van der Waals surface area contributed by atoms with E-state index in [0.29, 0.717) is 24.0 Å². The van der Waals surface area contributed by atoms with Gasteiger partial charge in [-0.3, -0.25) is 9.59 Å². The van der Waals surface area contributed by atoms with Crippen LogP contribution in [0, 0.1) is 0 Å². The molecule has 2 rings (SSSR count). The fourth-order valence-corrected chi connectivity index (χ4v) is 2.01. The molecule has 1 heterocycles. The molecule has 6 heteroatoms. The number of hydrogen-bond acceptors (Lipinski definition) is 4. The molecule has 0 fully saturated rings. The lowest BCUT2D eigenvalue weighted by Gasteiger charge is -2.06. The monoisotopic (exact) mass is 273 g/mol. The fraction of sp³-hybridized carbons (Fsp3) is 0.286. The average Bonchev–Trinajstić information content (AvgIpc) is 2.82. The van der Waals surface area contributed by atoms with Crippen molar-refractivity contribution in [1.29, 1.82) is 0 Å². The molecule has 104 valence electrons. The summed E-state index contributed by atoms with van der Waals surface area (Å²) >= 11 is 0. The molecule has 6 nitrogen and oxygen atoms in total. The zero-order valence-electron chi connectivity index (χ0n) is 11.1. The van der Waals surface area contributed by atoms with Gasteiger partial charge in [0.2, 0.25) is 0 Å². The molecule has 0 radical (unpaired) electrons. The Morgan fingerprint density at radius 2 is 2.05 bits per heavy atom. The molecule has 0 bridgehead atoms. The number of aldehydes is 1. The van der Waals surface area contributed by atoms with E-state index >= 15 is 0 Å². The van der Waals surface area contributed by atoms with E-state index in [1.165, 1.54) is 0 Å². The molecule has 0 aliphatic carbocycles. The first-order valence-corrected chi connectivity index (χ1v) is 6.36. The van der Waals surface area contributed by atoms with E-state index in [1.807, 2.05) is 6.92 Å². The fourth-order valence-electron chi connectivity index (χ4n) is 2.01. The maximum Gasteiger partial charge on any atom is 0.307 e. The number of benzene rings is 1. The highest BCUT2D eigenvalue weighted by Crippen LogP contribution is 2.15. The summed E-state index contributed by atoms with van der Waals surface area (Å²) in [6.07, 6.45) is 2.27. The molecule has 1 aromatic carbocycles. The zero-order chi connectivity index (χ0) is 14.5. The molecular weight excluding hydrogens is 258 g/mol. The van der Waals surface area contributed by atoms with E-state index in [4.69, 9.17) is 5.11 Å². The van der Waals surface area contributed by atoms with Gasteiger partial charge in [0.25, 0.3) is 0 Å². The molecule has 0 atom stereocenters. The van der Waals surface area contributed by atoms with Gasteiger partial charge in [0.1, 0.15) is 5.69 Å². The van der Waals surface area contributed by atoms with Crippen molar-refractivity contribution in [2.24, 2.45) is 0 Å². The number of aromatic nitrogens is 3. The Balaban J connectivity index is 2.33. The van der Waals surface area contributed by atoms with Gasteiger partial charge in [-0.15, -0.1) is 5.10 Å². The van der Waals surface area contributed by atoms with E-state index in [-0.39, 0.29) is 6.42 Å². The second-order valence-electron chi connectivity index (χ2n) is 4.44. The predicted molar refractivity (Wildman–Crippen MR) is 72.1 cm³/mol. The average molecular weight is 273 g/mol. The molecule has 0 unspecified atom stereocenters. The van der Waals surface area contributed by atoms with Crippen LogP contribution >= 0.6 is 0 Å². The SMILES string of the molecule is CCCc1c(C=O)nnn1-c1ccc(CC(=O)O)cc1. The van der Waals surface area contributed by atoms with E-state index in [1.54, 1.807) is 28.9 Å². The molecular formula is C14H15N3O3. The first-order chi connectivity index (χ1) is 9.65. The van der Waals surface area contributed by atoms with Gasteiger partial charge in [-0.05, 0) is 24.1 Å². The summed E-state index contributed by atoms with van der Waals surface area (Å²) in [5.41, 5.74) is 2.60. The van der Waals surface area contributed by atoms with Gasteiger partial charge in [0, 0.05) is 0 Å². The lowest BCUT2D eigenvalue weighted by Crippen LogP contribution is -2.04. The van der Waals surface area contributed by atoms with Crippen molar-refractivity contribution in [1.82, 2.24) is 15.0 Å². The smallest absolute Gasteiger partial charge is 0.307 e. The Morgan fingerprint density at radius 3 is 2.60 bits per heavy atom. The minimum atomic E-state index is -0.867. The molecule has 0 saturated heterocycles.